The molecule has 4 atom stereocenters. The fraction of sp³-hybridized carbons (Fsp3) is 0.867. The normalized spacial score (nSPS) is 49.6. The van der Waals surface area contributed by atoms with E-state index in [1.807, 2.05) is 0 Å². The van der Waals surface area contributed by atoms with Gasteiger partial charge in [0.25, 0.3) is 0 Å². The number of hydrogen-bond acceptors (Lipinski definition) is 1. The van der Waals surface area contributed by atoms with Crippen LogP contribution in [0.25, 0.3) is 0 Å². The van der Waals surface area contributed by atoms with Crippen LogP contribution in [0.15, 0.2) is 12.2 Å². The van der Waals surface area contributed by atoms with E-state index in [0.29, 0.717) is 5.92 Å². The quantitative estimate of drug-likeness (QED) is 0.667. The first-order chi connectivity index (χ1) is 7.39. The lowest BCUT2D eigenvalue weighted by Crippen LogP contribution is -2.44. The Morgan fingerprint density at radius 1 is 1.31 bits per heavy atom. The summed E-state index contributed by atoms with van der Waals surface area (Å²) < 4.78 is 0. The fourth-order valence-electron chi connectivity index (χ4n) is 3.84. The van der Waals surface area contributed by atoms with Gasteiger partial charge in [-0.05, 0) is 55.3 Å². The lowest BCUT2D eigenvalue weighted by atomic mass is 9.55. The molecule has 0 unspecified atom stereocenters. The van der Waals surface area contributed by atoms with Gasteiger partial charge in [-0.3, -0.25) is 0 Å². The van der Waals surface area contributed by atoms with Crippen LogP contribution >= 0.6 is 0 Å². The van der Waals surface area contributed by atoms with E-state index >= 15 is 0 Å². The molecule has 0 aliphatic heterocycles. The minimum atomic E-state index is -0.107. The molecule has 2 aliphatic rings. The molecular weight excluding hydrogens is 196 g/mol. The van der Waals surface area contributed by atoms with Crippen LogP contribution in [0.1, 0.15) is 59.3 Å². The van der Waals surface area contributed by atoms with E-state index in [1.54, 1.807) is 0 Å². The maximum Gasteiger partial charge on any atom is 0.0571 e. The molecule has 16 heavy (non-hydrogen) atoms. The van der Waals surface area contributed by atoms with Crippen molar-refractivity contribution in [3.8, 4) is 0 Å². The van der Waals surface area contributed by atoms with Crippen molar-refractivity contribution in [3.05, 3.63) is 12.2 Å². The highest BCUT2D eigenvalue weighted by atomic mass is 16.3. The van der Waals surface area contributed by atoms with E-state index in [9.17, 15) is 5.11 Å². The Bertz CT molecular complexity index is 296. The number of allylic oxidation sites excluding steroid dienone is 1. The van der Waals surface area contributed by atoms with Crippen molar-refractivity contribution < 1.29 is 5.11 Å². The lowest BCUT2D eigenvalue weighted by molar-refractivity contribution is -0.0362. The van der Waals surface area contributed by atoms with Crippen molar-refractivity contribution in [2.75, 3.05) is 0 Å². The molecule has 0 radical (unpaired) electrons. The summed E-state index contributed by atoms with van der Waals surface area (Å²) in [4.78, 5) is 0. The second-order valence-corrected chi connectivity index (χ2v) is 6.64. The molecule has 1 nitrogen and oxygen atoms in total. The van der Waals surface area contributed by atoms with E-state index in [2.05, 4.69) is 27.4 Å². The van der Waals surface area contributed by atoms with Gasteiger partial charge in [0, 0.05) is 0 Å². The lowest BCUT2D eigenvalue weighted by Gasteiger charge is -2.50. The van der Waals surface area contributed by atoms with E-state index in [4.69, 9.17) is 0 Å². The Hall–Kier alpha value is -0.300. The number of rotatable bonds is 1. The number of hydrogen-bond donors (Lipinski definition) is 1. The van der Waals surface area contributed by atoms with Gasteiger partial charge in [0.05, 0.1) is 6.10 Å². The van der Waals surface area contributed by atoms with Crippen LogP contribution in [0.4, 0.5) is 0 Å². The Morgan fingerprint density at radius 3 is 2.50 bits per heavy atom. The maximum absolute atomic E-state index is 10.1. The van der Waals surface area contributed by atoms with Gasteiger partial charge >= 0.3 is 0 Å². The minimum Gasteiger partial charge on any atom is -0.393 e. The van der Waals surface area contributed by atoms with Gasteiger partial charge in [-0.1, -0.05) is 32.9 Å². The molecule has 0 aromatic rings. The highest BCUT2D eigenvalue weighted by Crippen LogP contribution is 2.59. The first-order valence-electron chi connectivity index (χ1n) is 6.75. The van der Waals surface area contributed by atoms with Crippen LogP contribution in [0.2, 0.25) is 0 Å². The van der Waals surface area contributed by atoms with Gasteiger partial charge in [-0.15, -0.1) is 0 Å². The Balaban J connectivity index is 2.22. The molecule has 0 bridgehead atoms. The number of aliphatic hydroxyl groups is 1. The molecule has 0 spiro atoms. The van der Waals surface area contributed by atoms with Crippen LogP contribution in [0.5, 0.6) is 0 Å². The zero-order valence-electron chi connectivity index (χ0n) is 11.1. The van der Waals surface area contributed by atoms with Crippen molar-refractivity contribution in [2.24, 2.45) is 16.7 Å². The van der Waals surface area contributed by atoms with Crippen molar-refractivity contribution in [1.29, 1.82) is 0 Å². The van der Waals surface area contributed by atoms with Crippen molar-refractivity contribution >= 4 is 0 Å². The van der Waals surface area contributed by atoms with E-state index in [1.165, 1.54) is 37.7 Å². The molecule has 0 heterocycles. The first-order valence-corrected chi connectivity index (χ1v) is 6.75. The average molecular weight is 222 g/mol. The fourth-order valence-corrected chi connectivity index (χ4v) is 3.84. The van der Waals surface area contributed by atoms with Crippen molar-refractivity contribution in [3.63, 3.8) is 0 Å². The summed E-state index contributed by atoms with van der Waals surface area (Å²) in [5.74, 6) is 0.478. The summed E-state index contributed by atoms with van der Waals surface area (Å²) in [6.45, 7) is 11.2. The molecule has 0 amide bonds. The molecule has 2 saturated carbocycles. The predicted octanol–water partition coefficient (Wildman–Crippen LogP) is 3.92. The molecule has 0 saturated heterocycles. The summed E-state index contributed by atoms with van der Waals surface area (Å²) in [5.41, 5.74) is 1.97. The Kier molecular flexibility index (Phi) is 2.94. The zero-order chi connectivity index (χ0) is 12.0. The van der Waals surface area contributed by atoms with Gasteiger partial charge < -0.3 is 5.11 Å². The molecule has 92 valence electrons. The molecule has 1 heteroatoms. The summed E-state index contributed by atoms with van der Waals surface area (Å²) in [6.07, 6.45) is 7.02. The van der Waals surface area contributed by atoms with Crippen LogP contribution in [0.3, 0.4) is 0 Å². The maximum atomic E-state index is 10.1. The van der Waals surface area contributed by atoms with Gasteiger partial charge in [0.15, 0.2) is 0 Å². The predicted molar refractivity (Wildman–Crippen MR) is 68.2 cm³/mol. The topological polar surface area (TPSA) is 20.2 Å². The average Bonchev–Trinajstić information content (AvgIpc) is 2.56. The molecule has 2 aliphatic carbocycles. The number of aliphatic hydroxyl groups excluding tert-OH is 1. The summed E-state index contributed by atoms with van der Waals surface area (Å²) in [6, 6.07) is 0. The van der Waals surface area contributed by atoms with Crippen molar-refractivity contribution in [2.45, 2.75) is 65.4 Å². The van der Waals surface area contributed by atoms with Crippen LogP contribution < -0.4 is 0 Å². The SMILES string of the molecule is C=C1CCC[C@@]1(C)[C@]1(C)CC[C@@H](C)[C@@H](O)C1. The summed E-state index contributed by atoms with van der Waals surface area (Å²) in [5, 5.41) is 10.1. The highest BCUT2D eigenvalue weighted by molar-refractivity contribution is 5.20. The zero-order valence-corrected chi connectivity index (χ0v) is 11.1. The molecule has 1 N–H and O–H groups in total. The molecule has 2 rings (SSSR count). The minimum absolute atomic E-state index is 0.107. The summed E-state index contributed by atoms with van der Waals surface area (Å²) in [7, 11) is 0. The molecule has 0 aromatic heterocycles. The van der Waals surface area contributed by atoms with Gasteiger partial charge in [0.1, 0.15) is 0 Å². The Labute approximate surface area is 99.9 Å². The monoisotopic (exact) mass is 222 g/mol. The molecule has 0 aromatic carbocycles. The van der Waals surface area contributed by atoms with Crippen LogP contribution in [0, 0.1) is 16.7 Å². The van der Waals surface area contributed by atoms with E-state index in [-0.39, 0.29) is 16.9 Å². The van der Waals surface area contributed by atoms with Gasteiger partial charge in [0.2, 0.25) is 0 Å². The van der Waals surface area contributed by atoms with Gasteiger partial charge in [-0.2, -0.15) is 0 Å². The standard InChI is InChI=1S/C15H26O/c1-11-7-9-14(3,10-13(11)16)15(4)8-5-6-12(15)2/h11,13,16H,2,5-10H2,1,3-4H3/t11-,13+,14-,15-/m1/s1. The summed E-state index contributed by atoms with van der Waals surface area (Å²) >= 11 is 0. The van der Waals surface area contributed by atoms with E-state index < -0.39 is 0 Å². The largest absolute Gasteiger partial charge is 0.393 e. The molecular formula is C15H26O. The van der Waals surface area contributed by atoms with Crippen LogP contribution in [-0.2, 0) is 0 Å². The highest BCUT2D eigenvalue weighted by Gasteiger charge is 2.50. The third-order valence-electron chi connectivity index (χ3n) is 5.74. The van der Waals surface area contributed by atoms with E-state index in [0.717, 1.165) is 6.42 Å². The molecule has 2 fully saturated rings. The van der Waals surface area contributed by atoms with Gasteiger partial charge in [-0.25, -0.2) is 0 Å². The first kappa shape index (κ1) is 12.2. The van der Waals surface area contributed by atoms with Crippen molar-refractivity contribution in [1.82, 2.24) is 0 Å². The Morgan fingerprint density at radius 2 is 2.00 bits per heavy atom. The second-order valence-electron chi connectivity index (χ2n) is 6.64. The van der Waals surface area contributed by atoms with Crippen LogP contribution in [-0.4, -0.2) is 11.2 Å². The second kappa shape index (κ2) is 3.87. The smallest absolute Gasteiger partial charge is 0.0571 e. The third kappa shape index (κ3) is 1.64. The third-order valence-corrected chi connectivity index (χ3v) is 5.74.